The molecule has 0 radical (unpaired) electrons. The summed E-state index contributed by atoms with van der Waals surface area (Å²) in [5, 5.41) is 11.4. The van der Waals surface area contributed by atoms with Gasteiger partial charge in [0.15, 0.2) is 25.8 Å². The highest BCUT2D eigenvalue weighted by Crippen LogP contribution is 2.42. The lowest BCUT2D eigenvalue weighted by molar-refractivity contribution is 0.172. The van der Waals surface area contributed by atoms with Crippen molar-refractivity contribution in [3.63, 3.8) is 0 Å². The average Bonchev–Trinajstić information content (AvgIpc) is 3.56. The van der Waals surface area contributed by atoms with Gasteiger partial charge in [-0.25, -0.2) is 22.8 Å². The second kappa shape index (κ2) is 12.0. The molecule has 0 aliphatic heterocycles. The van der Waals surface area contributed by atoms with Crippen molar-refractivity contribution in [2.75, 3.05) is 18.9 Å². The van der Waals surface area contributed by atoms with E-state index in [1.807, 2.05) is 33.9 Å². The van der Waals surface area contributed by atoms with Crippen LogP contribution >= 0.6 is 0 Å². The first-order chi connectivity index (χ1) is 20.1. The van der Waals surface area contributed by atoms with Crippen LogP contribution in [0.25, 0.3) is 17.2 Å². The fourth-order valence-electron chi connectivity index (χ4n) is 4.02. The number of methoxy groups -OCH3 is 2. The predicted molar refractivity (Wildman–Crippen MR) is 162 cm³/mol. The van der Waals surface area contributed by atoms with E-state index in [-0.39, 0.29) is 22.6 Å². The number of halogens is 1. The first-order valence-electron chi connectivity index (χ1n) is 13.4. The number of anilines is 1. The van der Waals surface area contributed by atoms with Gasteiger partial charge in [0.1, 0.15) is 34.2 Å². The molecule has 4 rings (SSSR count). The van der Waals surface area contributed by atoms with Crippen LogP contribution < -0.4 is 14.2 Å². The van der Waals surface area contributed by atoms with Crippen molar-refractivity contribution in [3.05, 3.63) is 54.5 Å². The fourth-order valence-corrected chi connectivity index (χ4v) is 6.49. The van der Waals surface area contributed by atoms with Gasteiger partial charge in [0.25, 0.3) is 0 Å². The van der Waals surface area contributed by atoms with Crippen molar-refractivity contribution in [3.8, 4) is 28.7 Å². The number of rotatable bonds is 11. The predicted octanol–water partition coefficient (Wildman–Crippen LogP) is 4.51. The van der Waals surface area contributed by atoms with Gasteiger partial charge in [0.05, 0.1) is 26.6 Å². The number of ether oxygens (including phenoxy) is 2. The third kappa shape index (κ3) is 6.55. The highest BCUT2D eigenvalue weighted by atomic mass is 32.2. The Kier molecular flexibility index (Phi) is 8.94. The molecule has 0 saturated heterocycles. The van der Waals surface area contributed by atoms with Crippen molar-refractivity contribution in [1.29, 1.82) is 0 Å². The third-order valence-electron chi connectivity index (χ3n) is 7.50. The number of aromatic nitrogens is 7. The Morgan fingerprint density at radius 2 is 1.63 bits per heavy atom. The summed E-state index contributed by atoms with van der Waals surface area (Å²) in [6, 6.07) is 6.87. The van der Waals surface area contributed by atoms with Crippen LogP contribution in [-0.2, 0) is 21.5 Å². The van der Waals surface area contributed by atoms with Crippen LogP contribution in [0.2, 0.25) is 18.1 Å². The molecule has 2 atom stereocenters. The van der Waals surface area contributed by atoms with Crippen LogP contribution in [0.5, 0.6) is 11.5 Å². The zero-order valence-electron chi connectivity index (χ0n) is 25.7. The Hall–Kier alpha value is -3.89. The Morgan fingerprint density at radius 3 is 2.14 bits per heavy atom. The summed E-state index contributed by atoms with van der Waals surface area (Å²) in [6.07, 6.45) is 2.58. The van der Waals surface area contributed by atoms with Crippen LogP contribution in [0.3, 0.4) is 0 Å². The second-order valence-corrected chi connectivity index (χ2v) is 18.3. The smallest absolute Gasteiger partial charge is 0.243 e. The Labute approximate surface area is 251 Å². The van der Waals surface area contributed by atoms with Crippen LogP contribution in [0, 0.1) is 5.82 Å². The maximum absolute atomic E-state index is 14.1. The van der Waals surface area contributed by atoms with Crippen molar-refractivity contribution in [2.24, 2.45) is 7.05 Å². The molecular formula is C27H37FN8O5SSi. The summed E-state index contributed by atoms with van der Waals surface area (Å²) < 4.78 is 65.4. The summed E-state index contributed by atoms with van der Waals surface area (Å²) in [5.74, 6) is 0.258. The van der Waals surface area contributed by atoms with Crippen molar-refractivity contribution < 1.29 is 26.7 Å². The molecule has 0 aliphatic rings. The maximum atomic E-state index is 14.1. The molecule has 3 aromatic heterocycles. The summed E-state index contributed by atoms with van der Waals surface area (Å²) in [7, 11) is -2.12. The molecule has 3 heterocycles. The highest BCUT2D eigenvalue weighted by Gasteiger charge is 2.44. The van der Waals surface area contributed by atoms with E-state index in [0.717, 1.165) is 12.4 Å². The van der Waals surface area contributed by atoms with E-state index in [4.69, 9.17) is 13.9 Å². The van der Waals surface area contributed by atoms with E-state index in [1.165, 1.54) is 25.7 Å². The summed E-state index contributed by atoms with van der Waals surface area (Å²) >= 11 is 0. The topological polar surface area (TPSA) is 148 Å². The SMILES string of the molecule is COc1cccc(OC)c1-n1c(NS(=O)(=O)[C@H](C)[C@@H](O[Si](C)(C)C(C)(C)C)c2ncc(F)cn2)nnc1-c1ccn(C)n1. The zero-order valence-corrected chi connectivity index (χ0v) is 27.5. The maximum Gasteiger partial charge on any atom is 0.243 e. The number of aryl methyl sites for hydroxylation is 1. The molecule has 0 bridgehead atoms. The standard InChI is InChI=1S/C27H37FN8O5SSi/c1-17(23(24-29-15-18(28)16-30-24)41-43(8,9)27(2,3)4)42(37,38)34-26-32-31-25(19-13-14-35(5)33-19)36(26)22-20(39-6)11-10-12-21(22)40-7/h10-17,23H,1-9H3,(H,32,34)/t17-,23-/m1/s1. The van der Waals surface area contributed by atoms with E-state index in [2.05, 4.69) is 30.0 Å². The lowest BCUT2D eigenvalue weighted by Crippen LogP contribution is -2.45. The minimum atomic E-state index is -4.28. The molecule has 13 nitrogen and oxygen atoms in total. The van der Waals surface area contributed by atoms with Gasteiger partial charge in [-0.15, -0.1) is 10.2 Å². The molecule has 232 valence electrons. The number of nitrogens with one attached hydrogen (secondary N) is 1. The zero-order chi connectivity index (χ0) is 31.7. The van der Waals surface area contributed by atoms with Gasteiger partial charge in [0, 0.05) is 13.2 Å². The van der Waals surface area contributed by atoms with Gasteiger partial charge in [0.2, 0.25) is 16.0 Å². The minimum absolute atomic E-state index is 0.0474. The van der Waals surface area contributed by atoms with Gasteiger partial charge in [-0.3, -0.25) is 14.0 Å². The van der Waals surface area contributed by atoms with Gasteiger partial charge in [-0.2, -0.15) is 5.10 Å². The van der Waals surface area contributed by atoms with Crippen molar-refractivity contribution in [2.45, 2.75) is 57.2 Å². The van der Waals surface area contributed by atoms with E-state index in [0.29, 0.717) is 22.9 Å². The summed E-state index contributed by atoms with van der Waals surface area (Å²) in [6.45, 7) is 11.5. The molecule has 0 amide bonds. The largest absolute Gasteiger partial charge is 0.494 e. The molecule has 1 aromatic carbocycles. The normalized spacial score (nSPS) is 13.9. The molecule has 4 aromatic rings. The van der Waals surface area contributed by atoms with Crippen LogP contribution in [0.15, 0.2) is 42.9 Å². The quantitative estimate of drug-likeness (QED) is 0.234. The third-order valence-corrected chi connectivity index (χ3v) is 13.7. The lowest BCUT2D eigenvalue weighted by atomic mass is 10.2. The molecule has 0 spiro atoms. The average molecular weight is 633 g/mol. The number of para-hydroxylation sites is 1. The molecule has 1 N–H and O–H groups in total. The Morgan fingerprint density at radius 1 is 1.02 bits per heavy atom. The number of nitrogens with zero attached hydrogens (tertiary/aromatic N) is 7. The van der Waals surface area contributed by atoms with E-state index in [1.54, 1.807) is 42.2 Å². The molecule has 0 saturated carbocycles. The van der Waals surface area contributed by atoms with Crippen molar-refractivity contribution in [1.82, 2.24) is 34.5 Å². The number of hydrogen-bond acceptors (Lipinski definition) is 10. The van der Waals surface area contributed by atoms with Gasteiger partial charge in [-0.1, -0.05) is 26.8 Å². The van der Waals surface area contributed by atoms with E-state index >= 15 is 0 Å². The summed E-state index contributed by atoms with van der Waals surface area (Å²) in [5.41, 5.74) is 0.791. The molecule has 0 aliphatic carbocycles. The van der Waals surface area contributed by atoms with Gasteiger partial charge < -0.3 is 13.9 Å². The van der Waals surface area contributed by atoms with Gasteiger partial charge in [-0.05, 0) is 43.3 Å². The second-order valence-electron chi connectivity index (χ2n) is 11.5. The monoisotopic (exact) mass is 632 g/mol. The Bertz CT molecular complexity index is 1660. The van der Waals surface area contributed by atoms with Gasteiger partial charge >= 0.3 is 0 Å². The lowest BCUT2D eigenvalue weighted by Gasteiger charge is -2.40. The Balaban J connectivity index is 1.84. The molecule has 0 unspecified atom stereocenters. The molecule has 16 heteroatoms. The first kappa shape index (κ1) is 32.0. The van der Waals surface area contributed by atoms with Crippen LogP contribution in [0.4, 0.5) is 10.3 Å². The van der Waals surface area contributed by atoms with E-state index < -0.39 is 35.5 Å². The minimum Gasteiger partial charge on any atom is -0.494 e. The van der Waals surface area contributed by atoms with Crippen LogP contribution in [-0.4, -0.2) is 70.7 Å². The number of benzene rings is 1. The molecular weight excluding hydrogens is 595 g/mol. The highest BCUT2D eigenvalue weighted by molar-refractivity contribution is 7.93. The van der Waals surface area contributed by atoms with Crippen LogP contribution in [0.1, 0.15) is 39.6 Å². The first-order valence-corrected chi connectivity index (χ1v) is 17.9. The fraction of sp³-hybridized carbons (Fsp3) is 0.444. The number of hydrogen-bond donors (Lipinski definition) is 1. The van der Waals surface area contributed by atoms with E-state index in [9.17, 15) is 12.8 Å². The van der Waals surface area contributed by atoms with Crippen molar-refractivity contribution >= 4 is 24.3 Å². The molecule has 0 fully saturated rings. The molecule has 43 heavy (non-hydrogen) atoms. The summed E-state index contributed by atoms with van der Waals surface area (Å²) in [4.78, 5) is 8.17. The number of sulfonamides is 1.